The molecule has 4 nitrogen and oxygen atoms in total. The minimum absolute atomic E-state index is 0.0191. The summed E-state index contributed by atoms with van der Waals surface area (Å²) in [6.07, 6.45) is 0.642. The molecule has 2 aromatic carbocycles. The smallest absolute Gasteiger partial charge is 0.324 e. The van der Waals surface area contributed by atoms with Crippen LogP contribution in [0.2, 0.25) is 10.0 Å². The van der Waals surface area contributed by atoms with E-state index in [0.717, 1.165) is 11.1 Å². The summed E-state index contributed by atoms with van der Waals surface area (Å²) in [6, 6.07) is 9.16. The molecule has 1 aliphatic heterocycles. The molecule has 0 amide bonds. The van der Waals surface area contributed by atoms with E-state index in [2.05, 4.69) is 26.1 Å². The lowest BCUT2D eigenvalue weighted by Gasteiger charge is -2.40. The Morgan fingerprint density at radius 3 is 2.32 bits per heavy atom. The predicted molar refractivity (Wildman–Crippen MR) is 137 cm³/mol. The van der Waals surface area contributed by atoms with Gasteiger partial charge in [0.2, 0.25) is 0 Å². The Kier molecular flexibility index (Phi) is 7.46. The molecule has 1 fully saturated rings. The van der Waals surface area contributed by atoms with Crippen molar-refractivity contribution in [2.45, 2.75) is 84.0 Å². The maximum absolute atomic E-state index is 15.5. The fourth-order valence-electron chi connectivity index (χ4n) is 4.85. The standard InChI is InChI=1S/C27H35Cl2FN2O2/c1-15-13-16(11-12-18(15)28)27(31)20(14-25(2,3)4)32-23(24(33)34-26(5,6)7)21(27)17-9-8-10-19(29)22(17)30/h8-13,20-21,23,32H,14,31H2,1-7H3/t20-,21-,23+,27+/m0/s1. The third-order valence-electron chi connectivity index (χ3n) is 6.26. The number of nitrogens with one attached hydrogen (secondary N) is 1. The van der Waals surface area contributed by atoms with Gasteiger partial charge in [0.25, 0.3) is 0 Å². The minimum Gasteiger partial charge on any atom is -0.459 e. The summed E-state index contributed by atoms with van der Waals surface area (Å²) in [4.78, 5) is 13.5. The molecule has 186 valence electrons. The third-order valence-corrected chi connectivity index (χ3v) is 6.97. The van der Waals surface area contributed by atoms with Gasteiger partial charge in [0.1, 0.15) is 17.5 Å². The van der Waals surface area contributed by atoms with Crippen molar-refractivity contribution in [2.75, 3.05) is 0 Å². The highest BCUT2D eigenvalue weighted by molar-refractivity contribution is 6.31. The lowest BCUT2D eigenvalue weighted by Crippen LogP contribution is -2.52. The summed E-state index contributed by atoms with van der Waals surface area (Å²) in [7, 11) is 0. The maximum Gasteiger partial charge on any atom is 0.324 e. The molecule has 3 rings (SSSR count). The summed E-state index contributed by atoms with van der Waals surface area (Å²) in [6.45, 7) is 13.6. The molecule has 0 spiro atoms. The molecular formula is C27H35Cl2FN2O2. The van der Waals surface area contributed by atoms with Crippen LogP contribution in [0.25, 0.3) is 0 Å². The van der Waals surface area contributed by atoms with Gasteiger partial charge in [0.15, 0.2) is 0 Å². The van der Waals surface area contributed by atoms with E-state index in [-0.39, 0.29) is 22.0 Å². The van der Waals surface area contributed by atoms with Crippen molar-refractivity contribution in [2.24, 2.45) is 11.1 Å². The van der Waals surface area contributed by atoms with Crippen LogP contribution >= 0.6 is 23.2 Å². The van der Waals surface area contributed by atoms with E-state index < -0.39 is 34.9 Å². The first-order valence-electron chi connectivity index (χ1n) is 11.5. The highest BCUT2D eigenvalue weighted by atomic mass is 35.5. The van der Waals surface area contributed by atoms with Gasteiger partial charge >= 0.3 is 5.97 Å². The molecule has 1 heterocycles. The molecule has 2 aromatic rings. The van der Waals surface area contributed by atoms with Crippen molar-refractivity contribution < 1.29 is 13.9 Å². The number of nitrogens with two attached hydrogens (primary N) is 1. The number of carbonyl (C=O) groups excluding carboxylic acids is 1. The molecule has 0 saturated carbocycles. The Morgan fingerprint density at radius 1 is 1.12 bits per heavy atom. The van der Waals surface area contributed by atoms with E-state index >= 15 is 4.39 Å². The van der Waals surface area contributed by atoms with Gasteiger partial charge < -0.3 is 10.5 Å². The molecule has 3 N–H and O–H groups in total. The molecule has 0 aliphatic carbocycles. The second-order valence-corrected chi connectivity index (χ2v) is 12.3. The molecule has 4 atom stereocenters. The monoisotopic (exact) mass is 508 g/mol. The van der Waals surface area contributed by atoms with Crippen LogP contribution in [0.4, 0.5) is 4.39 Å². The number of aryl methyl sites for hydroxylation is 1. The quantitative estimate of drug-likeness (QED) is 0.462. The van der Waals surface area contributed by atoms with Gasteiger partial charge in [0.05, 0.1) is 10.6 Å². The first-order valence-corrected chi connectivity index (χ1v) is 12.3. The summed E-state index contributed by atoms with van der Waals surface area (Å²) in [5.41, 5.74) is 7.24. The largest absolute Gasteiger partial charge is 0.459 e. The van der Waals surface area contributed by atoms with Crippen LogP contribution in [0, 0.1) is 18.2 Å². The second kappa shape index (κ2) is 9.42. The van der Waals surface area contributed by atoms with Crippen molar-refractivity contribution in [3.63, 3.8) is 0 Å². The Bertz CT molecular complexity index is 1080. The summed E-state index contributed by atoms with van der Waals surface area (Å²) in [5.74, 6) is -1.83. The van der Waals surface area contributed by atoms with Gasteiger partial charge in [-0.05, 0) is 68.4 Å². The fraction of sp³-hybridized carbons (Fsp3) is 0.519. The first kappa shape index (κ1) is 26.9. The summed E-state index contributed by atoms with van der Waals surface area (Å²) in [5, 5.41) is 4.04. The number of rotatable bonds is 4. The highest BCUT2D eigenvalue weighted by Crippen LogP contribution is 2.49. The number of halogens is 3. The molecule has 0 unspecified atom stereocenters. The normalized spacial score (nSPS) is 25.4. The second-order valence-electron chi connectivity index (χ2n) is 11.5. The average Bonchev–Trinajstić information content (AvgIpc) is 2.97. The fourth-order valence-corrected chi connectivity index (χ4v) is 5.14. The summed E-state index contributed by atoms with van der Waals surface area (Å²) < 4.78 is 21.3. The van der Waals surface area contributed by atoms with Crippen LogP contribution in [-0.4, -0.2) is 23.7 Å². The van der Waals surface area contributed by atoms with Crippen LogP contribution in [-0.2, 0) is 15.1 Å². The minimum atomic E-state index is -1.14. The van der Waals surface area contributed by atoms with Crippen LogP contribution in [0.5, 0.6) is 0 Å². The van der Waals surface area contributed by atoms with E-state index in [4.69, 9.17) is 33.7 Å². The zero-order valence-corrected chi connectivity index (χ0v) is 22.4. The van der Waals surface area contributed by atoms with E-state index in [1.807, 2.05) is 19.1 Å². The van der Waals surface area contributed by atoms with Crippen molar-refractivity contribution in [3.8, 4) is 0 Å². The number of esters is 1. The highest BCUT2D eigenvalue weighted by Gasteiger charge is 2.58. The van der Waals surface area contributed by atoms with Crippen molar-refractivity contribution in [1.82, 2.24) is 5.32 Å². The number of hydrogen-bond acceptors (Lipinski definition) is 4. The van der Waals surface area contributed by atoms with Crippen molar-refractivity contribution in [1.29, 1.82) is 0 Å². The molecule has 0 bridgehead atoms. The molecule has 7 heteroatoms. The van der Waals surface area contributed by atoms with Crippen LogP contribution in [0.15, 0.2) is 36.4 Å². The molecule has 0 radical (unpaired) electrons. The van der Waals surface area contributed by atoms with Gasteiger partial charge in [-0.15, -0.1) is 0 Å². The van der Waals surface area contributed by atoms with Gasteiger partial charge in [-0.2, -0.15) is 0 Å². The number of ether oxygens (including phenoxy) is 1. The van der Waals surface area contributed by atoms with Crippen LogP contribution < -0.4 is 11.1 Å². The summed E-state index contributed by atoms with van der Waals surface area (Å²) >= 11 is 12.5. The van der Waals surface area contributed by atoms with E-state index in [0.29, 0.717) is 11.4 Å². The van der Waals surface area contributed by atoms with Crippen LogP contribution in [0.1, 0.15) is 70.6 Å². The van der Waals surface area contributed by atoms with E-state index in [1.165, 1.54) is 6.07 Å². The lowest BCUT2D eigenvalue weighted by atomic mass is 9.68. The average molecular weight is 509 g/mol. The Labute approximate surface area is 212 Å². The molecule has 34 heavy (non-hydrogen) atoms. The topological polar surface area (TPSA) is 64.3 Å². The number of benzene rings is 2. The number of hydrogen-bond donors (Lipinski definition) is 2. The van der Waals surface area contributed by atoms with Gasteiger partial charge in [-0.1, -0.05) is 68.2 Å². The Balaban J connectivity index is 2.28. The maximum atomic E-state index is 15.5. The van der Waals surface area contributed by atoms with Gasteiger partial charge in [-0.3, -0.25) is 10.1 Å². The molecule has 0 aromatic heterocycles. The van der Waals surface area contributed by atoms with Crippen molar-refractivity contribution in [3.05, 3.63) is 69.0 Å². The zero-order valence-electron chi connectivity index (χ0n) is 20.9. The van der Waals surface area contributed by atoms with E-state index in [9.17, 15) is 4.79 Å². The number of carbonyl (C=O) groups is 1. The Morgan fingerprint density at radius 2 is 1.76 bits per heavy atom. The molecule has 1 saturated heterocycles. The molecule has 1 aliphatic rings. The molecular weight excluding hydrogens is 474 g/mol. The predicted octanol–water partition coefficient (Wildman–Crippen LogP) is 6.50. The van der Waals surface area contributed by atoms with Gasteiger partial charge in [-0.25, -0.2) is 4.39 Å². The van der Waals surface area contributed by atoms with Crippen LogP contribution in [0.3, 0.4) is 0 Å². The lowest BCUT2D eigenvalue weighted by molar-refractivity contribution is -0.157. The van der Waals surface area contributed by atoms with E-state index in [1.54, 1.807) is 39.0 Å². The van der Waals surface area contributed by atoms with Crippen molar-refractivity contribution >= 4 is 29.2 Å². The first-order chi connectivity index (χ1) is 15.5. The van der Waals surface area contributed by atoms with Gasteiger partial charge in [0, 0.05) is 17.0 Å². The SMILES string of the molecule is Cc1cc([C@@]2(N)[C@H](CC(C)(C)C)N[C@@H](C(=O)OC(C)(C)C)[C@@H]2c2cccc(Cl)c2F)ccc1Cl. The third kappa shape index (κ3) is 5.43. The Hall–Kier alpha value is -1.66. The zero-order chi connectivity index (χ0) is 25.6.